The van der Waals surface area contributed by atoms with Crippen molar-refractivity contribution in [2.24, 2.45) is 0 Å². The predicted octanol–water partition coefficient (Wildman–Crippen LogP) is 2.09. The fraction of sp³-hybridized carbons (Fsp3) is 0.100. The molecule has 1 heterocycles. The molecule has 0 bridgehead atoms. The summed E-state index contributed by atoms with van der Waals surface area (Å²) >= 11 is 0. The molecule has 0 radical (unpaired) electrons. The van der Waals surface area contributed by atoms with Crippen molar-refractivity contribution < 1.29 is 4.74 Å². The minimum atomic E-state index is 0.684. The Morgan fingerprint density at radius 2 is 2.29 bits per heavy atom. The number of aryl methyl sites for hydroxylation is 1. The second-order valence-electron chi connectivity index (χ2n) is 3.03. The number of rotatable bonds is 2. The van der Waals surface area contributed by atoms with Crippen molar-refractivity contribution in [3.05, 3.63) is 36.2 Å². The van der Waals surface area contributed by atoms with Crippen molar-refractivity contribution in [2.45, 2.75) is 6.92 Å². The average molecular weight is 189 g/mol. The largest absolute Gasteiger partial charge is 0.454 e. The zero-order valence-electron chi connectivity index (χ0n) is 7.82. The van der Waals surface area contributed by atoms with Crippen LogP contribution in [0.2, 0.25) is 0 Å². The molecule has 14 heavy (non-hydrogen) atoms. The van der Waals surface area contributed by atoms with Gasteiger partial charge in [-0.05, 0) is 19.1 Å². The van der Waals surface area contributed by atoms with Gasteiger partial charge in [-0.2, -0.15) is 5.10 Å². The molecule has 0 saturated heterocycles. The number of nitrogens with one attached hydrogen (secondary N) is 1. The number of anilines is 1. The molecule has 2 aromatic rings. The molecule has 0 amide bonds. The molecule has 0 aliphatic heterocycles. The van der Waals surface area contributed by atoms with Gasteiger partial charge in [0.1, 0.15) is 5.75 Å². The summed E-state index contributed by atoms with van der Waals surface area (Å²) in [5, 5.41) is 6.66. The van der Waals surface area contributed by atoms with Crippen LogP contribution in [-0.4, -0.2) is 10.2 Å². The summed E-state index contributed by atoms with van der Waals surface area (Å²) in [6, 6.07) is 7.28. The number of aromatic amines is 1. The first-order valence-electron chi connectivity index (χ1n) is 4.29. The van der Waals surface area contributed by atoms with Gasteiger partial charge in [0.25, 0.3) is 0 Å². The molecule has 0 atom stereocenters. The molecule has 0 saturated carbocycles. The van der Waals surface area contributed by atoms with Gasteiger partial charge < -0.3 is 10.5 Å². The zero-order valence-corrected chi connectivity index (χ0v) is 7.82. The fourth-order valence-electron chi connectivity index (χ4n) is 1.15. The highest BCUT2D eigenvalue weighted by atomic mass is 16.5. The number of H-pyrrole nitrogens is 1. The van der Waals surface area contributed by atoms with Crippen LogP contribution in [0.25, 0.3) is 0 Å². The number of nitrogens with two attached hydrogens (primary N) is 1. The normalized spacial score (nSPS) is 10.1. The van der Waals surface area contributed by atoms with Gasteiger partial charge in [0.2, 0.25) is 0 Å². The third kappa shape index (κ3) is 1.69. The Morgan fingerprint density at radius 1 is 1.43 bits per heavy atom. The molecular formula is C10H11N3O. The molecule has 0 aliphatic rings. The van der Waals surface area contributed by atoms with Crippen molar-refractivity contribution >= 4 is 5.69 Å². The molecule has 4 heteroatoms. The summed E-state index contributed by atoms with van der Waals surface area (Å²) < 4.78 is 5.56. The van der Waals surface area contributed by atoms with E-state index in [0.717, 1.165) is 17.2 Å². The summed E-state index contributed by atoms with van der Waals surface area (Å²) in [4.78, 5) is 0. The molecule has 0 unspecified atom stereocenters. The Morgan fingerprint density at radius 3 is 2.93 bits per heavy atom. The standard InChI is InChI=1S/C10H11N3O/c1-7-10(6-12-13-7)14-9-4-2-3-8(11)5-9/h2-6H,11H2,1H3,(H,12,13). The maximum atomic E-state index is 5.62. The van der Waals surface area contributed by atoms with Crippen LogP contribution >= 0.6 is 0 Å². The first kappa shape index (κ1) is 8.62. The van der Waals surface area contributed by atoms with Crippen LogP contribution in [0.4, 0.5) is 5.69 Å². The van der Waals surface area contributed by atoms with Gasteiger partial charge in [0.05, 0.1) is 11.9 Å². The molecule has 4 nitrogen and oxygen atoms in total. The van der Waals surface area contributed by atoms with E-state index in [1.165, 1.54) is 0 Å². The van der Waals surface area contributed by atoms with Gasteiger partial charge in [-0.1, -0.05) is 6.07 Å². The third-order valence-electron chi connectivity index (χ3n) is 1.87. The highest BCUT2D eigenvalue weighted by Crippen LogP contribution is 2.24. The van der Waals surface area contributed by atoms with Gasteiger partial charge in [0, 0.05) is 11.8 Å². The van der Waals surface area contributed by atoms with Crippen molar-refractivity contribution in [1.29, 1.82) is 0 Å². The molecule has 0 aliphatic carbocycles. The Labute approximate surface area is 81.7 Å². The minimum Gasteiger partial charge on any atom is -0.454 e. The highest BCUT2D eigenvalue weighted by Gasteiger charge is 2.02. The molecule has 3 N–H and O–H groups in total. The second-order valence-corrected chi connectivity index (χ2v) is 3.03. The molecule has 72 valence electrons. The second kappa shape index (κ2) is 3.41. The summed E-state index contributed by atoms with van der Waals surface area (Å²) in [5.41, 5.74) is 7.20. The van der Waals surface area contributed by atoms with Crippen LogP contribution in [0.15, 0.2) is 30.5 Å². The van der Waals surface area contributed by atoms with Gasteiger partial charge in [-0.3, -0.25) is 5.10 Å². The van der Waals surface area contributed by atoms with E-state index in [-0.39, 0.29) is 0 Å². The van der Waals surface area contributed by atoms with Crippen LogP contribution in [0.1, 0.15) is 5.69 Å². The molecule has 0 spiro atoms. The summed E-state index contributed by atoms with van der Waals surface area (Å²) in [6.07, 6.45) is 1.64. The smallest absolute Gasteiger partial charge is 0.167 e. The van der Waals surface area contributed by atoms with E-state index >= 15 is 0 Å². The molecule has 2 rings (SSSR count). The van der Waals surface area contributed by atoms with Crippen LogP contribution in [-0.2, 0) is 0 Å². The van der Waals surface area contributed by atoms with Gasteiger partial charge in [-0.25, -0.2) is 0 Å². The van der Waals surface area contributed by atoms with E-state index in [9.17, 15) is 0 Å². The van der Waals surface area contributed by atoms with Gasteiger partial charge in [0.15, 0.2) is 5.75 Å². The van der Waals surface area contributed by atoms with Crippen molar-refractivity contribution in [3.8, 4) is 11.5 Å². The maximum Gasteiger partial charge on any atom is 0.167 e. The summed E-state index contributed by atoms with van der Waals surface area (Å²) in [5.74, 6) is 1.44. The van der Waals surface area contributed by atoms with Crippen LogP contribution in [0.3, 0.4) is 0 Å². The Bertz CT molecular complexity index is 436. The lowest BCUT2D eigenvalue weighted by atomic mass is 10.3. The fourth-order valence-corrected chi connectivity index (χ4v) is 1.15. The first-order chi connectivity index (χ1) is 6.75. The topological polar surface area (TPSA) is 63.9 Å². The number of ether oxygens (including phenoxy) is 1. The van der Waals surface area contributed by atoms with Crippen LogP contribution in [0.5, 0.6) is 11.5 Å². The van der Waals surface area contributed by atoms with Gasteiger partial charge in [-0.15, -0.1) is 0 Å². The Hall–Kier alpha value is -1.97. The summed E-state index contributed by atoms with van der Waals surface area (Å²) in [6.45, 7) is 1.90. The lowest BCUT2D eigenvalue weighted by Crippen LogP contribution is -1.87. The molecule has 1 aromatic heterocycles. The number of benzene rings is 1. The lowest BCUT2D eigenvalue weighted by Gasteiger charge is -2.04. The van der Waals surface area contributed by atoms with Crippen LogP contribution in [0, 0.1) is 6.92 Å². The number of aromatic nitrogens is 2. The number of nitrogens with zero attached hydrogens (tertiary/aromatic N) is 1. The van der Waals surface area contributed by atoms with Crippen molar-refractivity contribution in [1.82, 2.24) is 10.2 Å². The molecule has 0 fully saturated rings. The SMILES string of the molecule is Cc1[nH]ncc1Oc1cccc(N)c1. The monoisotopic (exact) mass is 189 g/mol. The number of hydrogen-bond donors (Lipinski definition) is 2. The Balaban J connectivity index is 2.23. The third-order valence-corrected chi connectivity index (χ3v) is 1.87. The van der Waals surface area contributed by atoms with Crippen molar-refractivity contribution in [2.75, 3.05) is 5.73 Å². The summed E-state index contributed by atoms with van der Waals surface area (Å²) in [7, 11) is 0. The van der Waals surface area contributed by atoms with E-state index in [2.05, 4.69) is 10.2 Å². The van der Waals surface area contributed by atoms with Crippen LogP contribution < -0.4 is 10.5 Å². The lowest BCUT2D eigenvalue weighted by molar-refractivity contribution is 0.479. The van der Waals surface area contributed by atoms with Gasteiger partial charge >= 0.3 is 0 Å². The maximum absolute atomic E-state index is 5.62. The van der Waals surface area contributed by atoms with Crippen molar-refractivity contribution in [3.63, 3.8) is 0 Å². The molecule has 1 aromatic carbocycles. The van der Waals surface area contributed by atoms with E-state index in [4.69, 9.17) is 10.5 Å². The molecular weight excluding hydrogens is 178 g/mol. The highest BCUT2D eigenvalue weighted by molar-refractivity contribution is 5.45. The van der Waals surface area contributed by atoms with E-state index in [1.807, 2.05) is 25.1 Å². The van der Waals surface area contributed by atoms with E-state index < -0.39 is 0 Å². The zero-order chi connectivity index (χ0) is 9.97. The first-order valence-corrected chi connectivity index (χ1v) is 4.29. The quantitative estimate of drug-likeness (QED) is 0.711. The Kier molecular flexibility index (Phi) is 2.10. The predicted molar refractivity (Wildman–Crippen MR) is 54.3 cm³/mol. The number of nitrogen functional groups attached to an aromatic ring is 1. The van der Waals surface area contributed by atoms with E-state index in [0.29, 0.717) is 5.69 Å². The van der Waals surface area contributed by atoms with E-state index in [1.54, 1.807) is 12.3 Å². The minimum absolute atomic E-state index is 0.684. The average Bonchev–Trinajstić information content (AvgIpc) is 2.52. The number of hydrogen-bond acceptors (Lipinski definition) is 3.